The Morgan fingerprint density at radius 3 is 0.891 bits per heavy atom. The van der Waals surface area contributed by atoms with Crippen LogP contribution in [0.15, 0.2) is 170 Å². The van der Waals surface area contributed by atoms with E-state index in [1.165, 1.54) is 0 Å². The van der Waals surface area contributed by atoms with E-state index in [0.717, 1.165) is 61.8 Å². The van der Waals surface area contributed by atoms with E-state index in [0.29, 0.717) is 0 Å². The second kappa shape index (κ2) is 11.8. The molecule has 0 spiro atoms. The van der Waals surface area contributed by atoms with Crippen LogP contribution in [0.3, 0.4) is 0 Å². The molecule has 0 saturated carbocycles. The van der Waals surface area contributed by atoms with Gasteiger partial charge in [0.1, 0.15) is 0 Å². The Kier molecular flexibility index (Phi) is 7.48. The predicted molar refractivity (Wildman–Crippen MR) is 201 cm³/mol. The lowest BCUT2D eigenvalue weighted by molar-refractivity contribution is 0.592. The van der Waals surface area contributed by atoms with Gasteiger partial charge in [0, 0.05) is 52.5 Å². The molecule has 0 unspecified atom stereocenters. The van der Waals surface area contributed by atoms with Crippen LogP contribution in [0.1, 0.15) is 0 Å². The summed E-state index contributed by atoms with van der Waals surface area (Å²) in [5, 5.41) is 5.17. The van der Waals surface area contributed by atoms with E-state index in [1.807, 2.05) is 146 Å². The summed E-state index contributed by atoms with van der Waals surface area (Å²) in [5.41, 5.74) is 1.83. The number of hydrogen-bond acceptors (Lipinski definition) is 4. The summed E-state index contributed by atoms with van der Waals surface area (Å²) in [6, 6.07) is 56.0. The minimum atomic E-state index is -3.39. The quantitative estimate of drug-likeness (QED) is 0.159. The van der Waals surface area contributed by atoms with Gasteiger partial charge in [-0.15, -0.1) is 22.7 Å². The van der Waals surface area contributed by atoms with E-state index in [9.17, 15) is 0 Å². The topological polar surface area (TPSA) is 34.1 Å². The first-order valence-electron chi connectivity index (χ1n) is 15.1. The van der Waals surface area contributed by atoms with Crippen LogP contribution in [0, 0.1) is 0 Å². The number of benzene rings is 6. The van der Waals surface area contributed by atoms with Crippen LogP contribution in [0.5, 0.6) is 0 Å². The summed E-state index contributed by atoms with van der Waals surface area (Å²) in [6.07, 6.45) is 0. The Morgan fingerprint density at radius 1 is 0.326 bits per heavy atom. The largest absolute Gasteiger partial charge is 0.308 e. The van der Waals surface area contributed by atoms with E-state index in [4.69, 9.17) is 0 Å². The van der Waals surface area contributed by atoms with Crippen LogP contribution in [0.25, 0.3) is 31.3 Å². The Morgan fingerprint density at radius 2 is 0.587 bits per heavy atom. The van der Waals surface area contributed by atoms with Crippen molar-refractivity contribution < 1.29 is 9.13 Å². The lowest BCUT2D eigenvalue weighted by Gasteiger charge is -2.23. The maximum Gasteiger partial charge on any atom is 0.181 e. The van der Waals surface area contributed by atoms with E-state index in [2.05, 4.69) is 24.3 Å². The molecule has 6 aromatic carbocycles. The molecule has 0 atom stereocenters. The molecule has 2 nitrogen and oxygen atoms in total. The van der Waals surface area contributed by atoms with Gasteiger partial charge in [-0.25, -0.2) is 0 Å². The first-order valence-corrected chi connectivity index (χ1v) is 20.1. The molecule has 0 amide bonds. The van der Waals surface area contributed by atoms with Crippen molar-refractivity contribution in [1.29, 1.82) is 0 Å². The maximum absolute atomic E-state index is 16.1. The molecule has 8 rings (SSSR count). The van der Waals surface area contributed by atoms with Crippen LogP contribution < -0.4 is 30.5 Å². The van der Waals surface area contributed by atoms with Crippen molar-refractivity contribution in [3.05, 3.63) is 170 Å². The summed E-state index contributed by atoms with van der Waals surface area (Å²) in [5.74, 6) is 0. The molecule has 0 bridgehead atoms. The molecule has 2 heterocycles. The Labute approximate surface area is 276 Å². The van der Waals surface area contributed by atoms with E-state index in [1.54, 1.807) is 22.7 Å². The van der Waals surface area contributed by atoms with Gasteiger partial charge in [-0.05, 0) is 12.1 Å². The van der Waals surface area contributed by atoms with Crippen molar-refractivity contribution >= 4 is 87.6 Å². The fourth-order valence-corrected chi connectivity index (χ4v) is 16.1. The molecule has 6 heteroatoms. The van der Waals surface area contributed by atoms with Gasteiger partial charge in [0.05, 0.1) is 9.24 Å². The van der Waals surface area contributed by atoms with Gasteiger partial charge < -0.3 is 9.13 Å². The third-order valence-corrected chi connectivity index (χ3v) is 18.2. The predicted octanol–water partition coefficient (Wildman–Crippen LogP) is 9.06. The number of hydrogen-bond donors (Lipinski definition) is 0. The monoisotopic (exact) mass is 666 g/mol. The van der Waals surface area contributed by atoms with Crippen molar-refractivity contribution in [1.82, 2.24) is 0 Å². The molecular weight excluding hydrogens is 639 g/mol. The Hall–Kier alpha value is -4.30. The Balaban J connectivity index is 1.56. The first kappa shape index (κ1) is 29.1. The fourth-order valence-electron chi connectivity index (χ4n) is 6.31. The summed E-state index contributed by atoms with van der Waals surface area (Å²) in [7, 11) is -6.78. The van der Waals surface area contributed by atoms with E-state index >= 15 is 9.13 Å². The minimum Gasteiger partial charge on any atom is -0.308 e. The molecule has 0 saturated heterocycles. The van der Waals surface area contributed by atoms with Crippen molar-refractivity contribution in [2.24, 2.45) is 0 Å². The highest BCUT2D eigenvalue weighted by Gasteiger charge is 2.40. The van der Waals surface area contributed by atoms with Crippen molar-refractivity contribution in [2.75, 3.05) is 0 Å². The highest BCUT2D eigenvalue weighted by molar-refractivity contribution is 7.90. The minimum absolute atomic E-state index is 0.782. The zero-order valence-corrected chi connectivity index (χ0v) is 28.1. The first-order chi connectivity index (χ1) is 22.6. The molecule has 0 N–H and O–H groups in total. The molecular formula is C40H28O2P2S2. The second-order valence-electron chi connectivity index (χ2n) is 11.1. The van der Waals surface area contributed by atoms with E-state index in [-0.39, 0.29) is 0 Å². The molecule has 0 radical (unpaired) electrons. The van der Waals surface area contributed by atoms with Gasteiger partial charge >= 0.3 is 0 Å². The molecule has 8 aromatic rings. The van der Waals surface area contributed by atoms with Crippen LogP contribution in [0.2, 0.25) is 0 Å². The van der Waals surface area contributed by atoms with Crippen LogP contribution >= 0.6 is 37.0 Å². The Bertz CT molecular complexity index is 2160. The highest BCUT2D eigenvalue weighted by Crippen LogP contribution is 2.55. The van der Waals surface area contributed by atoms with Gasteiger partial charge in [-0.2, -0.15) is 0 Å². The zero-order chi connectivity index (χ0) is 31.1. The summed E-state index contributed by atoms with van der Waals surface area (Å²) < 4.78 is 35.9. The summed E-state index contributed by atoms with van der Waals surface area (Å²) >= 11 is 3.18. The van der Waals surface area contributed by atoms with Crippen molar-refractivity contribution in [3.63, 3.8) is 0 Å². The molecule has 0 aliphatic carbocycles. The molecule has 0 aliphatic rings. The van der Waals surface area contributed by atoms with E-state index < -0.39 is 14.3 Å². The van der Waals surface area contributed by atoms with Gasteiger partial charge in [-0.3, -0.25) is 0 Å². The van der Waals surface area contributed by atoms with Gasteiger partial charge in [0.25, 0.3) is 0 Å². The number of fused-ring (bicyclic) bond motifs is 2. The van der Waals surface area contributed by atoms with Crippen molar-refractivity contribution in [3.8, 4) is 11.1 Å². The lowest BCUT2D eigenvalue weighted by Crippen LogP contribution is -2.27. The maximum atomic E-state index is 16.1. The van der Waals surface area contributed by atoms with Crippen molar-refractivity contribution in [2.45, 2.75) is 0 Å². The average molecular weight is 667 g/mol. The fraction of sp³-hybridized carbons (Fsp3) is 0. The standard InChI is InChI=1S/C40H28O2P2S2/c41-43(29-17-5-1-6-18-29,30-19-7-2-8-20-30)39-37(33-25-13-15-27-35(33)45-39)38-34-26-14-16-28-36(34)46-40(38)44(42,31-21-9-3-10-22-31)32-23-11-4-12-24-32/h1-28H. The average Bonchev–Trinajstić information content (AvgIpc) is 3.71. The number of thiophene rings is 2. The van der Waals surface area contributed by atoms with Crippen LogP contribution in [-0.4, -0.2) is 0 Å². The molecule has 0 aliphatic heterocycles. The third-order valence-electron chi connectivity index (χ3n) is 8.46. The zero-order valence-electron chi connectivity index (χ0n) is 24.7. The highest BCUT2D eigenvalue weighted by atomic mass is 32.1. The summed E-state index contributed by atoms with van der Waals surface area (Å²) in [4.78, 5) is 0. The second-order valence-corrected chi connectivity index (χ2v) is 19.2. The molecule has 0 fully saturated rings. The molecule has 2 aromatic heterocycles. The lowest BCUT2D eigenvalue weighted by atomic mass is 10.0. The van der Waals surface area contributed by atoms with Gasteiger partial charge in [0.2, 0.25) is 0 Å². The SMILES string of the molecule is O=P(c1ccccc1)(c1ccccc1)c1sc2ccccc2c1-c1c(P(=O)(c2ccccc2)c2ccccc2)sc2ccccc12. The van der Waals surface area contributed by atoms with Gasteiger partial charge in [-0.1, -0.05) is 158 Å². The third kappa shape index (κ3) is 4.60. The molecule has 222 valence electrons. The van der Waals surface area contributed by atoms with Crippen LogP contribution in [-0.2, 0) is 9.13 Å². The number of rotatable bonds is 7. The normalized spacial score (nSPS) is 12.1. The van der Waals surface area contributed by atoms with Crippen LogP contribution in [0.4, 0.5) is 0 Å². The summed E-state index contributed by atoms with van der Waals surface area (Å²) in [6.45, 7) is 0. The smallest absolute Gasteiger partial charge is 0.181 e. The van der Waals surface area contributed by atoms with Gasteiger partial charge in [0.15, 0.2) is 14.3 Å². The molecule has 46 heavy (non-hydrogen) atoms.